The summed E-state index contributed by atoms with van der Waals surface area (Å²) in [5, 5.41) is 7.32. The zero-order chi connectivity index (χ0) is 12.8. The molecular weight excluding hydrogens is 285 g/mol. The van der Waals surface area contributed by atoms with Crippen LogP contribution in [-0.2, 0) is 26.6 Å². The van der Waals surface area contributed by atoms with Crippen LogP contribution in [0.5, 0.6) is 0 Å². The molecule has 2 unspecified atom stereocenters. The van der Waals surface area contributed by atoms with Crippen molar-refractivity contribution in [3.8, 4) is 0 Å². The van der Waals surface area contributed by atoms with Crippen LogP contribution in [0.25, 0.3) is 16.1 Å². The van der Waals surface area contributed by atoms with E-state index in [1.54, 1.807) is 35.2 Å². The van der Waals surface area contributed by atoms with Crippen LogP contribution < -0.4 is 0 Å². The van der Waals surface area contributed by atoms with Gasteiger partial charge in [0.15, 0.2) is 0 Å². The van der Waals surface area contributed by atoms with Gasteiger partial charge in [0, 0.05) is 12.0 Å². The van der Waals surface area contributed by atoms with Crippen molar-refractivity contribution in [2.75, 3.05) is 41.8 Å². The van der Waals surface area contributed by atoms with Gasteiger partial charge in [-0.25, -0.2) is 0 Å². The minimum atomic E-state index is 0. The quantitative estimate of drug-likeness (QED) is 0.336. The van der Waals surface area contributed by atoms with Crippen molar-refractivity contribution in [3.63, 3.8) is 0 Å². The summed E-state index contributed by atoms with van der Waals surface area (Å²) in [6.45, 7) is 0.699. The van der Waals surface area contributed by atoms with E-state index in [4.69, 9.17) is 16.4 Å². The summed E-state index contributed by atoms with van der Waals surface area (Å²) in [6, 6.07) is 0. The minimum absolute atomic E-state index is 0. The fourth-order valence-corrected chi connectivity index (χ4v) is 1.70. The summed E-state index contributed by atoms with van der Waals surface area (Å²) in [6.07, 6.45) is 3.58. The molecule has 0 radical (unpaired) electrons. The number of hydrogen-bond donors (Lipinski definition) is 0. The average molecular weight is 314 g/mol. The van der Waals surface area contributed by atoms with Crippen molar-refractivity contribution in [3.05, 3.63) is 23.5 Å². The summed E-state index contributed by atoms with van der Waals surface area (Å²) in [4.78, 5) is 4.93. The van der Waals surface area contributed by atoms with Gasteiger partial charge in [-0.05, 0) is 18.8 Å². The van der Waals surface area contributed by atoms with Crippen LogP contribution in [0.3, 0.4) is 0 Å². The van der Waals surface area contributed by atoms with E-state index >= 15 is 0 Å². The number of alkyl halides is 1. The third kappa shape index (κ3) is 19.2. The Morgan fingerprint density at radius 2 is 1.50 bits per heavy atom. The van der Waals surface area contributed by atoms with Gasteiger partial charge in [0.2, 0.25) is 0 Å². The molecule has 0 heterocycles. The molecule has 108 valence electrons. The van der Waals surface area contributed by atoms with Crippen molar-refractivity contribution < 1.29 is 26.6 Å². The molecule has 1 saturated carbocycles. The van der Waals surface area contributed by atoms with Gasteiger partial charge in [0.05, 0.1) is 0 Å². The Balaban J connectivity index is -0.000000106. The van der Waals surface area contributed by atoms with Gasteiger partial charge >= 0.3 is 21.7 Å². The van der Waals surface area contributed by atoms with E-state index in [1.807, 2.05) is 0 Å². The predicted octanol–water partition coefficient (Wildman–Crippen LogP) is 4.02. The van der Waals surface area contributed by atoms with Gasteiger partial charge in [0.25, 0.3) is 0 Å². The Kier molecular flexibility index (Phi) is 34.8. The Bertz CT molecular complexity index is 132. The van der Waals surface area contributed by atoms with Crippen molar-refractivity contribution in [2.45, 2.75) is 24.6 Å². The van der Waals surface area contributed by atoms with E-state index in [0.29, 0.717) is 17.9 Å². The first kappa shape index (κ1) is 27.2. The average Bonchev–Trinajstić information content (AvgIpc) is 2.63. The fourth-order valence-electron chi connectivity index (χ4n) is 1.35. The van der Waals surface area contributed by atoms with Gasteiger partial charge in [-0.2, -0.15) is 28.2 Å². The van der Waals surface area contributed by atoms with Crippen LogP contribution in [0.1, 0.15) is 19.3 Å². The third-order valence-electron chi connectivity index (χ3n) is 1.98. The molecule has 0 spiro atoms. The van der Waals surface area contributed by atoms with Crippen LogP contribution in [0.2, 0.25) is 0 Å². The van der Waals surface area contributed by atoms with Gasteiger partial charge in [-0.1, -0.05) is 6.42 Å². The summed E-state index contributed by atoms with van der Waals surface area (Å²) in [5.74, 6) is 0.533. The Morgan fingerprint density at radius 3 is 1.78 bits per heavy atom. The molecule has 0 aromatic carbocycles. The zero-order valence-electron chi connectivity index (χ0n) is 12.6. The number of nitrogens with zero attached hydrogens (tertiary/aromatic N) is 3. The van der Waals surface area contributed by atoms with Gasteiger partial charge in [-0.15, -0.1) is 18.6 Å². The molecule has 2 atom stereocenters. The fraction of sp³-hybridized carbons (Fsp3) is 0.917. The first-order chi connectivity index (χ1) is 7.67. The monoisotopic (exact) mass is 313 g/mol. The molecule has 1 aliphatic rings. The first-order valence-electron chi connectivity index (χ1n) is 5.48. The molecule has 6 heteroatoms. The molecule has 0 saturated heterocycles. The van der Waals surface area contributed by atoms with Crippen molar-refractivity contribution in [1.29, 1.82) is 0 Å². The molecule has 0 aromatic heterocycles. The zero-order valence-corrected chi connectivity index (χ0v) is 14.9. The van der Waals surface area contributed by atoms with Crippen molar-refractivity contribution in [1.82, 2.24) is 0 Å². The minimum Gasteiger partial charge on any atom is -0.668 e. The summed E-state index contributed by atoms with van der Waals surface area (Å²) >= 11 is 5.99. The second-order valence-electron chi connectivity index (χ2n) is 3.58. The van der Waals surface area contributed by atoms with Crippen molar-refractivity contribution in [2.24, 2.45) is 5.92 Å². The maximum absolute atomic E-state index is 5.99. The molecule has 18 heavy (non-hydrogen) atoms. The maximum Gasteiger partial charge on any atom is 4.00 e. The Hall–Kier alpha value is 0.844. The summed E-state index contributed by atoms with van der Waals surface area (Å²) in [7, 11) is 8.65. The van der Waals surface area contributed by atoms with Crippen LogP contribution in [0, 0.1) is 13.3 Å². The van der Waals surface area contributed by atoms with E-state index in [2.05, 4.69) is 16.1 Å². The first-order valence-corrected chi connectivity index (χ1v) is 5.92. The number of rotatable bonds is 3. The van der Waals surface area contributed by atoms with Crippen LogP contribution in [0.4, 0.5) is 0 Å². The van der Waals surface area contributed by atoms with E-state index in [-0.39, 0.29) is 29.1 Å². The molecule has 0 aromatic rings. The molecule has 0 amide bonds. The molecule has 1 fully saturated rings. The standard InChI is InChI=1S/C7H13ClNO.2C2H6N.CH3.Ti/c1-9-10-5-6-3-2-4-7(6)8;2*1-3-2;;/h6-7H,2-5H2,1H3;2*1-2H3;1H3;/q4*-1;+4. The topological polar surface area (TPSA) is 51.5 Å². The Labute approximate surface area is 134 Å². The van der Waals surface area contributed by atoms with Crippen molar-refractivity contribution >= 4 is 11.6 Å². The largest absolute Gasteiger partial charge is 4.00 e. The van der Waals surface area contributed by atoms with Gasteiger partial charge in [-0.3, -0.25) is 0 Å². The number of halogens is 1. The van der Waals surface area contributed by atoms with Crippen LogP contribution >= 0.6 is 11.6 Å². The van der Waals surface area contributed by atoms with E-state index in [0.717, 1.165) is 6.42 Å². The molecule has 0 N–H and O–H groups in total. The predicted molar refractivity (Wildman–Crippen MR) is 79.0 cm³/mol. The van der Waals surface area contributed by atoms with Crippen LogP contribution in [-0.4, -0.2) is 47.2 Å². The maximum atomic E-state index is 5.99. The third-order valence-corrected chi connectivity index (χ3v) is 2.56. The van der Waals surface area contributed by atoms with Crippen LogP contribution in [0.15, 0.2) is 0 Å². The normalized spacial score (nSPS) is 20.3. The molecule has 0 bridgehead atoms. The smallest absolute Gasteiger partial charge is 0.668 e. The number of hydroxylamine groups is 1. The van der Waals surface area contributed by atoms with E-state index < -0.39 is 0 Å². The molecule has 1 rings (SSSR count). The summed E-state index contributed by atoms with van der Waals surface area (Å²) in [5.41, 5.74) is 3.57. The SMILES string of the molecule is C[N-]C.C[N-]C.C[N-]OCC1CCCC1Cl.[CH3-].[Ti+4]. The van der Waals surface area contributed by atoms with E-state index in [9.17, 15) is 0 Å². The number of hydrogen-bond acceptors (Lipinski definition) is 1. The van der Waals surface area contributed by atoms with Gasteiger partial charge < -0.3 is 28.4 Å². The molecular formula is C12H28ClN3OTi. The molecule has 4 nitrogen and oxygen atoms in total. The van der Waals surface area contributed by atoms with E-state index in [1.165, 1.54) is 12.8 Å². The Morgan fingerprint density at radius 1 is 1.06 bits per heavy atom. The second-order valence-corrected chi connectivity index (χ2v) is 4.14. The summed E-state index contributed by atoms with van der Waals surface area (Å²) < 4.78 is 0. The molecule has 1 aliphatic carbocycles. The second kappa shape index (κ2) is 23.0. The molecule has 0 aliphatic heterocycles. The van der Waals surface area contributed by atoms with Gasteiger partial charge in [0.1, 0.15) is 0 Å².